The van der Waals surface area contributed by atoms with Crippen molar-refractivity contribution in [2.24, 2.45) is 17.8 Å². The molecule has 19 heavy (non-hydrogen) atoms. The number of nitrogens with one attached hydrogen (secondary N) is 1. The van der Waals surface area contributed by atoms with Gasteiger partial charge in [-0.15, -0.1) is 0 Å². The summed E-state index contributed by atoms with van der Waals surface area (Å²) in [5.41, 5.74) is 0. The van der Waals surface area contributed by atoms with Gasteiger partial charge in [0.1, 0.15) is 0 Å². The minimum atomic E-state index is 0.194. The standard InChI is InChI=1S/C15H29N3O/c1-12-8-14(10-16-9-12)15(19)18(3)11-13-4-6-17(2)7-5-13/h12-14,16H,4-11H2,1-3H3. The van der Waals surface area contributed by atoms with Crippen molar-refractivity contribution in [3.63, 3.8) is 0 Å². The Balaban J connectivity index is 1.78. The molecular formula is C15H29N3O. The summed E-state index contributed by atoms with van der Waals surface area (Å²) in [4.78, 5) is 16.8. The second-order valence-corrected chi connectivity index (χ2v) is 6.66. The number of hydrogen-bond acceptors (Lipinski definition) is 3. The molecule has 4 heteroatoms. The van der Waals surface area contributed by atoms with Crippen LogP contribution in [-0.4, -0.2) is 62.5 Å². The highest BCUT2D eigenvalue weighted by Crippen LogP contribution is 2.21. The van der Waals surface area contributed by atoms with Crippen LogP contribution < -0.4 is 5.32 Å². The molecule has 2 fully saturated rings. The first-order valence-corrected chi connectivity index (χ1v) is 7.70. The first-order chi connectivity index (χ1) is 9.06. The topological polar surface area (TPSA) is 35.6 Å². The molecule has 2 aliphatic heterocycles. The summed E-state index contributed by atoms with van der Waals surface area (Å²) in [5.74, 6) is 1.86. The zero-order chi connectivity index (χ0) is 13.8. The smallest absolute Gasteiger partial charge is 0.226 e. The third kappa shape index (κ3) is 4.18. The van der Waals surface area contributed by atoms with Crippen LogP contribution in [0.2, 0.25) is 0 Å². The molecule has 4 nitrogen and oxygen atoms in total. The van der Waals surface area contributed by atoms with E-state index in [-0.39, 0.29) is 5.92 Å². The number of hydrogen-bond donors (Lipinski definition) is 1. The first-order valence-electron chi connectivity index (χ1n) is 7.70. The third-order valence-electron chi connectivity index (χ3n) is 4.67. The lowest BCUT2D eigenvalue weighted by Gasteiger charge is -2.34. The summed E-state index contributed by atoms with van der Waals surface area (Å²) < 4.78 is 0. The summed E-state index contributed by atoms with van der Waals surface area (Å²) >= 11 is 0. The van der Waals surface area contributed by atoms with Crippen LogP contribution in [0.1, 0.15) is 26.2 Å². The van der Waals surface area contributed by atoms with Gasteiger partial charge in [-0.3, -0.25) is 4.79 Å². The molecule has 0 spiro atoms. The van der Waals surface area contributed by atoms with Gasteiger partial charge in [-0.1, -0.05) is 6.92 Å². The van der Waals surface area contributed by atoms with Crippen LogP contribution in [0, 0.1) is 17.8 Å². The Kier molecular flexibility index (Phi) is 5.22. The number of carbonyl (C=O) groups excluding carboxylic acids is 1. The molecule has 0 aromatic heterocycles. The number of carbonyl (C=O) groups is 1. The van der Waals surface area contributed by atoms with E-state index >= 15 is 0 Å². The van der Waals surface area contributed by atoms with Crippen molar-refractivity contribution in [1.29, 1.82) is 0 Å². The summed E-state index contributed by atoms with van der Waals surface area (Å²) in [6, 6.07) is 0. The monoisotopic (exact) mass is 267 g/mol. The Hall–Kier alpha value is -0.610. The van der Waals surface area contributed by atoms with Gasteiger partial charge in [0, 0.05) is 20.1 Å². The van der Waals surface area contributed by atoms with Crippen molar-refractivity contribution in [1.82, 2.24) is 15.1 Å². The second-order valence-electron chi connectivity index (χ2n) is 6.66. The lowest BCUT2D eigenvalue weighted by molar-refractivity contribution is -0.135. The zero-order valence-electron chi connectivity index (χ0n) is 12.7. The van der Waals surface area contributed by atoms with E-state index in [4.69, 9.17) is 0 Å². The van der Waals surface area contributed by atoms with Gasteiger partial charge in [0.15, 0.2) is 0 Å². The van der Waals surface area contributed by atoms with Crippen LogP contribution in [0.4, 0.5) is 0 Å². The quantitative estimate of drug-likeness (QED) is 0.830. The Morgan fingerprint density at radius 1 is 1.32 bits per heavy atom. The molecule has 0 aliphatic carbocycles. The highest BCUT2D eigenvalue weighted by Gasteiger charge is 2.28. The van der Waals surface area contributed by atoms with Crippen LogP contribution >= 0.6 is 0 Å². The Bertz CT molecular complexity index is 300. The summed E-state index contributed by atoms with van der Waals surface area (Å²) in [5, 5.41) is 3.38. The van der Waals surface area contributed by atoms with Crippen LogP contribution in [0.15, 0.2) is 0 Å². The molecule has 2 unspecified atom stereocenters. The Morgan fingerprint density at radius 2 is 2.00 bits per heavy atom. The summed E-state index contributed by atoms with van der Waals surface area (Å²) in [6.45, 7) is 7.44. The Morgan fingerprint density at radius 3 is 2.63 bits per heavy atom. The van der Waals surface area contributed by atoms with Crippen molar-refractivity contribution in [3.05, 3.63) is 0 Å². The molecule has 0 bridgehead atoms. The van der Waals surface area contributed by atoms with Gasteiger partial charge in [0.25, 0.3) is 0 Å². The van der Waals surface area contributed by atoms with Gasteiger partial charge in [0.05, 0.1) is 5.92 Å². The van der Waals surface area contributed by atoms with E-state index in [2.05, 4.69) is 24.2 Å². The molecule has 2 heterocycles. The summed E-state index contributed by atoms with van der Waals surface area (Å²) in [7, 11) is 4.17. The predicted molar refractivity (Wildman–Crippen MR) is 78.0 cm³/mol. The van der Waals surface area contributed by atoms with E-state index in [1.807, 2.05) is 11.9 Å². The number of amides is 1. The van der Waals surface area contributed by atoms with Gasteiger partial charge in [-0.25, -0.2) is 0 Å². The van der Waals surface area contributed by atoms with Crippen molar-refractivity contribution in [3.8, 4) is 0 Å². The molecule has 1 amide bonds. The van der Waals surface area contributed by atoms with Gasteiger partial charge < -0.3 is 15.1 Å². The summed E-state index contributed by atoms with van der Waals surface area (Å²) in [6.07, 6.45) is 3.50. The van der Waals surface area contributed by atoms with E-state index in [1.165, 1.54) is 25.9 Å². The minimum Gasteiger partial charge on any atom is -0.345 e. The molecule has 110 valence electrons. The van der Waals surface area contributed by atoms with Crippen LogP contribution in [0.5, 0.6) is 0 Å². The Labute approximate surface area is 117 Å². The second kappa shape index (κ2) is 6.71. The van der Waals surface area contributed by atoms with Gasteiger partial charge in [-0.2, -0.15) is 0 Å². The fraction of sp³-hybridized carbons (Fsp3) is 0.933. The van der Waals surface area contributed by atoms with Crippen LogP contribution in [-0.2, 0) is 4.79 Å². The molecule has 0 aromatic carbocycles. The molecule has 0 aromatic rings. The third-order valence-corrected chi connectivity index (χ3v) is 4.67. The molecule has 2 aliphatic rings. The van der Waals surface area contributed by atoms with E-state index in [0.717, 1.165) is 26.1 Å². The van der Waals surface area contributed by atoms with Gasteiger partial charge >= 0.3 is 0 Å². The lowest BCUT2D eigenvalue weighted by atomic mass is 9.90. The number of likely N-dealkylation sites (tertiary alicyclic amines) is 1. The lowest BCUT2D eigenvalue weighted by Crippen LogP contribution is -2.46. The maximum Gasteiger partial charge on any atom is 0.226 e. The molecule has 2 atom stereocenters. The SMILES string of the molecule is CC1CNCC(C(=O)N(C)CC2CCN(C)CC2)C1. The van der Waals surface area contributed by atoms with Crippen molar-refractivity contribution in [2.75, 3.05) is 46.8 Å². The van der Waals surface area contributed by atoms with Crippen LogP contribution in [0.3, 0.4) is 0 Å². The molecule has 2 rings (SSSR count). The molecule has 1 N–H and O–H groups in total. The average Bonchev–Trinajstić information content (AvgIpc) is 2.40. The molecule has 0 radical (unpaired) electrons. The minimum absolute atomic E-state index is 0.194. The maximum absolute atomic E-state index is 12.5. The predicted octanol–water partition coefficient (Wildman–Crippen LogP) is 1.03. The largest absolute Gasteiger partial charge is 0.345 e. The molecule has 0 saturated carbocycles. The highest BCUT2D eigenvalue weighted by atomic mass is 16.2. The van der Waals surface area contributed by atoms with E-state index < -0.39 is 0 Å². The average molecular weight is 267 g/mol. The number of piperidine rings is 2. The fourth-order valence-electron chi connectivity index (χ4n) is 3.38. The van der Waals surface area contributed by atoms with Gasteiger partial charge in [0.2, 0.25) is 5.91 Å². The molecule has 2 saturated heterocycles. The fourth-order valence-corrected chi connectivity index (χ4v) is 3.38. The van der Waals surface area contributed by atoms with Crippen molar-refractivity contribution in [2.45, 2.75) is 26.2 Å². The number of rotatable bonds is 3. The first kappa shape index (κ1) is 14.8. The van der Waals surface area contributed by atoms with Crippen molar-refractivity contribution >= 4 is 5.91 Å². The zero-order valence-corrected chi connectivity index (χ0v) is 12.7. The van der Waals surface area contributed by atoms with E-state index in [1.54, 1.807) is 0 Å². The van der Waals surface area contributed by atoms with Crippen LogP contribution in [0.25, 0.3) is 0 Å². The highest BCUT2D eigenvalue weighted by molar-refractivity contribution is 5.79. The van der Waals surface area contributed by atoms with E-state index in [9.17, 15) is 4.79 Å². The van der Waals surface area contributed by atoms with E-state index in [0.29, 0.717) is 17.7 Å². The number of nitrogens with zero attached hydrogens (tertiary/aromatic N) is 2. The van der Waals surface area contributed by atoms with Crippen molar-refractivity contribution < 1.29 is 4.79 Å². The molecular weight excluding hydrogens is 238 g/mol. The normalized spacial score (nSPS) is 30.3. The van der Waals surface area contributed by atoms with Gasteiger partial charge in [-0.05, 0) is 57.8 Å². The maximum atomic E-state index is 12.5.